The van der Waals surface area contributed by atoms with Crippen molar-refractivity contribution in [1.29, 1.82) is 0 Å². The summed E-state index contributed by atoms with van der Waals surface area (Å²) in [5, 5.41) is 11.2. The number of likely N-dealkylation sites (tertiary alicyclic amines) is 1. The van der Waals surface area contributed by atoms with E-state index in [1.807, 2.05) is 59.7 Å². The first-order valence-corrected chi connectivity index (χ1v) is 16.9. The fourth-order valence-corrected chi connectivity index (χ4v) is 6.57. The van der Waals surface area contributed by atoms with Crippen molar-refractivity contribution in [2.75, 3.05) is 19.9 Å². The number of hydrogen-bond acceptors (Lipinski definition) is 6. The van der Waals surface area contributed by atoms with Gasteiger partial charge in [-0.2, -0.15) is 0 Å². The van der Waals surface area contributed by atoms with Gasteiger partial charge < -0.3 is 14.6 Å². The summed E-state index contributed by atoms with van der Waals surface area (Å²) < 4.78 is 35.4. The van der Waals surface area contributed by atoms with Crippen molar-refractivity contribution in [3.05, 3.63) is 59.2 Å². The number of ketones is 2. The number of carbonyl (C=O) groups is 2. The molecule has 3 fully saturated rings. The number of fused-ring (bicyclic) bond motifs is 2. The van der Waals surface area contributed by atoms with E-state index in [0.29, 0.717) is 41.6 Å². The van der Waals surface area contributed by atoms with E-state index in [-0.39, 0.29) is 29.3 Å². The van der Waals surface area contributed by atoms with Crippen molar-refractivity contribution in [3.63, 3.8) is 0 Å². The van der Waals surface area contributed by atoms with Crippen LogP contribution in [0.2, 0.25) is 0 Å². The third kappa shape index (κ3) is 10.3. The third-order valence-electron chi connectivity index (χ3n) is 8.90. The minimum absolute atomic E-state index is 0. The van der Waals surface area contributed by atoms with Crippen LogP contribution in [0.25, 0.3) is 0 Å². The van der Waals surface area contributed by atoms with Crippen LogP contribution in [0.15, 0.2) is 42.5 Å². The number of nitrogens with zero attached hydrogens (tertiary/aromatic N) is 1. The summed E-state index contributed by atoms with van der Waals surface area (Å²) in [6.45, 7) is 17.9. The van der Waals surface area contributed by atoms with E-state index in [1.165, 1.54) is 12.1 Å². The fraction of sp³-hybridized carbons (Fsp3) is 0.622. The fourth-order valence-electron chi connectivity index (χ4n) is 6.57. The standard InChI is InChI=1S/C20H25NO4.C11H12F2O.3C2H6.FH/c1-12(22)19-15-9-21(10-16(15)19)14-4-6-20(23,7-5-14)13-2-3-17-18(8-13)25-11-24-17;1-2-10(14)7-8-4-3-5-9(6-8)11(12)13;3*1-2;/h2-3,8,14-16,19,23H,4-7,9-11H2,1H3;3-6,11H,2,7H2,1H3;3*1-2H3;1H/t14?,15-,16+,19?,20?;;;;;. The minimum Gasteiger partial charge on any atom is -0.454 e. The first-order valence-electron chi connectivity index (χ1n) is 16.9. The van der Waals surface area contributed by atoms with Gasteiger partial charge in [-0.25, -0.2) is 8.78 Å². The monoisotopic (exact) mass is 651 g/mol. The van der Waals surface area contributed by atoms with E-state index in [2.05, 4.69) is 4.90 Å². The van der Waals surface area contributed by atoms with E-state index >= 15 is 0 Å². The van der Waals surface area contributed by atoms with Crippen LogP contribution < -0.4 is 9.47 Å². The lowest BCUT2D eigenvalue weighted by Gasteiger charge is -2.40. The Bertz CT molecular complexity index is 1200. The van der Waals surface area contributed by atoms with Crippen molar-refractivity contribution < 1.29 is 37.7 Å². The topological polar surface area (TPSA) is 76.1 Å². The first kappa shape index (κ1) is 41.1. The molecule has 0 radical (unpaired) electrons. The number of Topliss-reactive ketones (excluding diaryl/α,β-unsaturated/α-hetero) is 2. The molecule has 1 saturated heterocycles. The number of carbonyl (C=O) groups excluding carboxylic acids is 2. The molecule has 2 aromatic rings. The van der Waals surface area contributed by atoms with Gasteiger partial charge in [-0.15, -0.1) is 0 Å². The average molecular weight is 652 g/mol. The molecule has 6 nitrogen and oxygen atoms in total. The number of rotatable bonds is 7. The second kappa shape index (κ2) is 19.7. The van der Waals surface area contributed by atoms with Crippen LogP contribution in [-0.2, 0) is 21.6 Å². The van der Waals surface area contributed by atoms with Gasteiger partial charge in [-0.3, -0.25) is 19.2 Å². The molecule has 260 valence electrons. The van der Waals surface area contributed by atoms with Gasteiger partial charge in [0.05, 0.1) is 5.60 Å². The van der Waals surface area contributed by atoms with Crippen LogP contribution in [0, 0.1) is 17.8 Å². The molecule has 2 aromatic carbocycles. The van der Waals surface area contributed by atoms with E-state index in [9.17, 15) is 23.5 Å². The number of halogens is 3. The molecule has 0 aromatic heterocycles. The van der Waals surface area contributed by atoms with Gasteiger partial charge in [0.15, 0.2) is 11.5 Å². The molecular weight excluding hydrogens is 595 g/mol. The smallest absolute Gasteiger partial charge is 0.263 e. The Morgan fingerprint density at radius 2 is 1.52 bits per heavy atom. The highest BCUT2D eigenvalue weighted by molar-refractivity contribution is 5.82. The summed E-state index contributed by atoms with van der Waals surface area (Å²) in [7, 11) is 0. The predicted molar refractivity (Wildman–Crippen MR) is 178 cm³/mol. The molecule has 4 aliphatic rings. The van der Waals surface area contributed by atoms with Crippen molar-refractivity contribution in [2.24, 2.45) is 17.8 Å². The zero-order valence-electron chi connectivity index (χ0n) is 29.0. The van der Waals surface area contributed by atoms with Gasteiger partial charge in [0.1, 0.15) is 11.6 Å². The van der Waals surface area contributed by atoms with Crippen LogP contribution in [0.4, 0.5) is 13.5 Å². The summed E-state index contributed by atoms with van der Waals surface area (Å²) in [5.74, 6) is 3.48. The van der Waals surface area contributed by atoms with Crippen molar-refractivity contribution in [3.8, 4) is 11.5 Å². The highest BCUT2D eigenvalue weighted by Crippen LogP contribution is 2.54. The number of benzene rings is 2. The first-order chi connectivity index (χ1) is 21.7. The Morgan fingerprint density at radius 1 is 0.935 bits per heavy atom. The van der Waals surface area contributed by atoms with Crippen LogP contribution in [0.5, 0.6) is 11.5 Å². The largest absolute Gasteiger partial charge is 0.454 e. The second-order valence-corrected chi connectivity index (χ2v) is 11.4. The van der Waals surface area contributed by atoms with Gasteiger partial charge in [0, 0.05) is 43.5 Å². The van der Waals surface area contributed by atoms with Crippen LogP contribution in [-0.4, -0.2) is 47.5 Å². The highest BCUT2D eigenvalue weighted by atomic mass is 19.3. The molecule has 3 atom stereocenters. The summed E-state index contributed by atoms with van der Waals surface area (Å²) >= 11 is 0. The molecular formula is C37H56F3NO5. The molecule has 2 aliphatic heterocycles. The van der Waals surface area contributed by atoms with E-state index in [1.54, 1.807) is 26.0 Å². The molecule has 2 aliphatic carbocycles. The summed E-state index contributed by atoms with van der Waals surface area (Å²) in [6.07, 6.45) is 1.80. The molecule has 2 saturated carbocycles. The molecule has 2 heterocycles. The Balaban J connectivity index is 0.000000434. The quantitative estimate of drug-likeness (QED) is 0.323. The molecule has 1 N–H and O–H groups in total. The maximum absolute atomic E-state index is 12.3. The Morgan fingerprint density at radius 3 is 2.07 bits per heavy atom. The molecule has 1 unspecified atom stereocenters. The average Bonchev–Trinajstić information content (AvgIpc) is 3.36. The van der Waals surface area contributed by atoms with Crippen molar-refractivity contribution in [2.45, 2.75) is 112 Å². The lowest BCUT2D eigenvalue weighted by molar-refractivity contribution is -0.119. The summed E-state index contributed by atoms with van der Waals surface area (Å²) in [5.41, 5.74) is 0.819. The van der Waals surface area contributed by atoms with Crippen molar-refractivity contribution >= 4 is 11.6 Å². The molecule has 9 heteroatoms. The van der Waals surface area contributed by atoms with Gasteiger partial charge in [0.2, 0.25) is 6.79 Å². The molecule has 0 amide bonds. The van der Waals surface area contributed by atoms with E-state index in [4.69, 9.17) is 9.47 Å². The summed E-state index contributed by atoms with van der Waals surface area (Å²) in [4.78, 5) is 25.2. The van der Waals surface area contributed by atoms with Gasteiger partial charge in [-0.05, 0) is 73.8 Å². The number of aliphatic hydroxyl groups is 1. The zero-order chi connectivity index (χ0) is 33.7. The Hall–Kier alpha value is -2.91. The SMILES string of the molecule is CC.CC.CC.CC(=O)C1[C@H]2CN(C3CCC(O)(c4ccc5c(c4)OCO5)CC3)C[C@@H]12.CCC(=O)Cc1cccc(C(F)F)c1.F. The van der Waals surface area contributed by atoms with Crippen LogP contribution in [0.1, 0.15) is 111 Å². The second-order valence-electron chi connectivity index (χ2n) is 11.4. The van der Waals surface area contributed by atoms with Crippen LogP contribution in [0.3, 0.4) is 0 Å². The normalized spacial score (nSPS) is 25.0. The maximum Gasteiger partial charge on any atom is 0.263 e. The zero-order valence-corrected chi connectivity index (χ0v) is 29.0. The highest BCUT2D eigenvalue weighted by Gasteiger charge is 2.58. The molecule has 6 rings (SSSR count). The van der Waals surface area contributed by atoms with Gasteiger partial charge >= 0.3 is 0 Å². The Kier molecular flexibility index (Phi) is 17.6. The lowest BCUT2D eigenvalue weighted by Crippen LogP contribution is -2.42. The molecule has 0 bridgehead atoms. The van der Waals surface area contributed by atoms with Crippen LogP contribution >= 0.6 is 0 Å². The van der Waals surface area contributed by atoms with E-state index in [0.717, 1.165) is 55.8 Å². The van der Waals surface area contributed by atoms with Gasteiger partial charge in [-0.1, -0.05) is 72.7 Å². The number of piperidine rings is 1. The maximum atomic E-state index is 12.3. The summed E-state index contributed by atoms with van der Waals surface area (Å²) in [6, 6.07) is 12.4. The molecule has 0 spiro atoms. The van der Waals surface area contributed by atoms with Crippen molar-refractivity contribution in [1.82, 2.24) is 4.90 Å². The predicted octanol–water partition coefficient (Wildman–Crippen LogP) is 8.69. The lowest BCUT2D eigenvalue weighted by atomic mass is 9.77. The van der Waals surface area contributed by atoms with Gasteiger partial charge in [0.25, 0.3) is 6.43 Å². The Labute approximate surface area is 274 Å². The number of ether oxygens (including phenoxy) is 2. The minimum atomic E-state index is -2.47. The van der Waals surface area contributed by atoms with E-state index < -0.39 is 12.0 Å². The number of hydrogen-bond donors (Lipinski definition) is 1. The third-order valence-corrected chi connectivity index (χ3v) is 8.90. The number of alkyl halides is 2. The molecule has 46 heavy (non-hydrogen) atoms.